The maximum Gasteiger partial charge on any atom is 0.339 e. The molecule has 5 nitrogen and oxygen atoms in total. The molecule has 1 aromatic heterocycles. The van der Waals surface area contributed by atoms with Crippen LogP contribution in [0.15, 0.2) is 29.6 Å². The molecule has 1 amide bonds. The molecule has 0 atom stereocenters. The molecule has 1 heterocycles. The number of carbonyl (C=O) groups is 2. The van der Waals surface area contributed by atoms with Crippen LogP contribution in [0.3, 0.4) is 0 Å². The molecule has 0 aliphatic heterocycles. The molecule has 1 aromatic carbocycles. The van der Waals surface area contributed by atoms with Crippen molar-refractivity contribution in [1.82, 2.24) is 4.98 Å². The number of esters is 1. The van der Waals surface area contributed by atoms with E-state index in [0.717, 1.165) is 5.01 Å². The molecule has 0 bridgehead atoms. The lowest BCUT2D eigenvalue weighted by Crippen LogP contribution is -2.15. The maximum atomic E-state index is 12.0. The van der Waals surface area contributed by atoms with Crippen molar-refractivity contribution in [2.24, 2.45) is 0 Å². The molecule has 0 radical (unpaired) electrons. The molecule has 19 heavy (non-hydrogen) atoms. The average Bonchev–Trinajstić information content (AvgIpc) is 2.85. The summed E-state index contributed by atoms with van der Waals surface area (Å²) in [5, 5.41) is 5.14. The minimum absolute atomic E-state index is 0.310. The van der Waals surface area contributed by atoms with Crippen LogP contribution in [-0.4, -0.2) is 24.0 Å². The number of carbonyl (C=O) groups excluding carboxylic acids is 2. The minimum Gasteiger partial charge on any atom is -0.465 e. The summed E-state index contributed by atoms with van der Waals surface area (Å²) < 4.78 is 4.66. The topological polar surface area (TPSA) is 68.3 Å². The van der Waals surface area contributed by atoms with Crippen molar-refractivity contribution in [3.8, 4) is 0 Å². The number of benzene rings is 1. The first kappa shape index (κ1) is 13.2. The van der Waals surface area contributed by atoms with Crippen LogP contribution in [0.1, 0.15) is 25.9 Å². The Kier molecular flexibility index (Phi) is 3.91. The van der Waals surface area contributed by atoms with E-state index < -0.39 is 5.97 Å². The van der Waals surface area contributed by atoms with Crippen LogP contribution >= 0.6 is 11.3 Å². The molecule has 0 aliphatic rings. The molecule has 0 aliphatic carbocycles. The Labute approximate surface area is 114 Å². The van der Waals surface area contributed by atoms with Crippen molar-refractivity contribution in [3.63, 3.8) is 0 Å². The number of nitrogens with zero attached hydrogens (tertiary/aromatic N) is 1. The van der Waals surface area contributed by atoms with Gasteiger partial charge in [0.25, 0.3) is 5.91 Å². The Morgan fingerprint density at radius 2 is 2.05 bits per heavy atom. The Morgan fingerprint density at radius 1 is 1.32 bits per heavy atom. The summed E-state index contributed by atoms with van der Waals surface area (Å²) in [5.74, 6) is -0.842. The number of nitrogens with one attached hydrogen (secondary N) is 1. The van der Waals surface area contributed by atoms with Gasteiger partial charge in [0.2, 0.25) is 0 Å². The number of rotatable bonds is 3. The largest absolute Gasteiger partial charge is 0.465 e. The van der Waals surface area contributed by atoms with E-state index in [1.54, 1.807) is 29.6 Å². The summed E-state index contributed by atoms with van der Waals surface area (Å²) in [6.45, 7) is 1.82. The van der Waals surface area contributed by atoms with Crippen LogP contribution in [0, 0.1) is 6.92 Å². The van der Waals surface area contributed by atoms with E-state index in [2.05, 4.69) is 15.0 Å². The van der Waals surface area contributed by atoms with E-state index in [4.69, 9.17) is 0 Å². The molecule has 6 heteroatoms. The Morgan fingerprint density at radius 3 is 2.68 bits per heavy atom. The normalized spacial score (nSPS) is 10.0. The summed E-state index contributed by atoms with van der Waals surface area (Å²) >= 11 is 1.39. The highest BCUT2D eigenvalue weighted by Crippen LogP contribution is 2.17. The molecular formula is C13H12N2O3S. The number of para-hydroxylation sites is 1. The summed E-state index contributed by atoms with van der Waals surface area (Å²) in [4.78, 5) is 27.6. The fourth-order valence-corrected chi connectivity index (χ4v) is 2.13. The lowest BCUT2D eigenvalue weighted by molar-refractivity contribution is 0.0602. The number of aryl methyl sites for hydroxylation is 1. The molecule has 0 saturated heterocycles. The first-order chi connectivity index (χ1) is 9.11. The van der Waals surface area contributed by atoms with E-state index >= 15 is 0 Å². The minimum atomic E-state index is -0.495. The number of aromatic nitrogens is 1. The van der Waals surface area contributed by atoms with Gasteiger partial charge < -0.3 is 10.1 Å². The lowest BCUT2D eigenvalue weighted by Gasteiger charge is -2.08. The Balaban J connectivity index is 2.24. The summed E-state index contributed by atoms with van der Waals surface area (Å²) in [7, 11) is 1.30. The number of anilines is 1. The predicted octanol–water partition coefficient (Wildman–Crippen LogP) is 2.49. The molecule has 1 N–H and O–H groups in total. The number of hydrogen-bond donors (Lipinski definition) is 1. The zero-order valence-corrected chi connectivity index (χ0v) is 11.3. The highest BCUT2D eigenvalue weighted by atomic mass is 32.1. The van der Waals surface area contributed by atoms with E-state index in [1.165, 1.54) is 18.4 Å². The van der Waals surface area contributed by atoms with Gasteiger partial charge in [-0.3, -0.25) is 4.79 Å². The van der Waals surface area contributed by atoms with Crippen LogP contribution in [0.4, 0.5) is 5.69 Å². The number of thiazole rings is 1. The third-order valence-corrected chi connectivity index (χ3v) is 3.21. The second kappa shape index (κ2) is 5.62. The first-order valence-electron chi connectivity index (χ1n) is 5.52. The molecule has 0 unspecified atom stereocenters. The second-order valence-corrected chi connectivity index (χ2v) is 4.81. The van der Waals surface area contributed by atoms with Gasteiger partial charge in [0, 0.05) is 5.38 Å². The summed E-state index contributed by atoms with van der Waals surface area (Å²) in [5.41, 5.74) is 1.05. The Bertz CT molecular complexity index is 622. The van der Waals surface area contributed by atoms with Crippen molar-refractivity contribution in [2.45, 2.75) is 6.92 Å². The fourth-order valence-electron chi connectivity index (χ4n) is 1.53. The van der Waals surface area contributed by atoms with Crippen LogP contribution in [0.5, 0.6) is 0 Å². The quantitative estimate of drug-likeness (QED) is 0.874. The SMILES string of the molecule is COC(=O)c1ccccc1NC(=O)c1csc(C)n1. The highest BCUT2D eigenvalue weighted by molar-refractivity contribution is 7.09. The number of amides is 1. The predicted molar refractivity (Wildman–Crippen MR) is 72.6 cm³/mol. The van der Waals surface area contributed by atoms with Gasteiger partial charge in [0.15, 0.2) is 0 Å². The Hall–Kier alpha value is -2.21. The van der Waals surface area contributed by atoms with Crippen LogP contribution in [0.25, 0.3) is 0 Å². The standard InChI is InChI=1S/C13H12N2O3S/c1-8-14-11(7-19-8)12(16)15-10-6-4-3-5-9(10)13(17)18-2/h3-7H,1-2H3,(H,15,16). The van der Waals surface area contributed by atoms with Gasteiger partial charge in [0.1, 0.15) is 5.69 Å². The summed E-state index contributed by atoms with van der Waals surface area (Å²) in [6, 6.07) is 6.67. The third kappa shape index (κ3) is 2.97. The summed E-state index contributed by atoms with van der Waals surface area (Å²) in [6.07, 6.45) is 0. The monoisotopic (exact) mass is 276 g/mol. The molecular weight excluding hydrogens is 264 g/mol. The highest BCUT2D eigenvalue weighted by Gasteiger charge is 2.15. The van der Waals surface area contributed by atoms with E-state index in [9.17, 15) is 9.59 Å². The number of hydrogen-bond acceptors (Lipinski definition) is 5. The van der Waals surface area contributed by atoms with Crippen molar-refractivity contribution >= 4 is 28.9 Å². The van der Waals surface area contributed by atoms with Gasteiger partial charge in [-0.1, -0.05) is 12.1 Å². The smallest absolute Gasteiger partial charge is 0.339 e. The molecule has 98 valence electrons. The zero-order chi connectivity index (χ0) is 13.8. The molecule has 0 spiro atoms. The van der Waals surface area contributed by atoms with Gasteiger partial charge >= 0.3 is 5.97 Å². The van der Waals surface area contributed by atoms with Crippen molar-refractivity contribution in [2.75, 3.05) is 12.4 Å². The van der Waals surface area contributed by atoms with Crippen LogP contribution in [0.2, 0.25) is 0 Å². The zero-order valence-electron chi connectivity index (χ0n) is 10.5. The van der Waals surface area contributed by atoms with Crippen LogP contribution < -0.4 is 5.32 Å². The van der Waals surface area contributed by atoms with E-state index in [1.807, 2.05) is 6.92 Å². The lowest BCUT2D eigenvalue weighted by atomic mass is 10.2. The van der Waals surface area contributed by atoms with Crippen molar-refractivity contribution < 1.29 is 14.3 Å². The van der Waals surface area contributed by atoms with Gasteiger partial charge in [-0.2, -0.15) is 0 Å². The first-order valence-corrected chi connectivity index (χ1v) is 6.40. The fraction of sp³-hybridized carbons (Fsp3) is 0.154. The molecule has 0 fully saturated rings. The average molecular weight is 276 g/mol. The van der Waals surface area contributed by atoms with E-state index in [-0.39, 0.29) is 5.91 Å². The molecule has 2 aromatic rings. The van der Waals surface area contributed by atoms with E-state index in [0.29, 0.717) is 16.9 Å². The van der Waals surface area contributed by atoms with Gasteiger partial charge in [-0.05, 0) is 19.1 Å². The van der Waals surface area contributed by atoms with Gasteiger partial charge in [-0.25, -0.2) is 9.78 Å². The second-order valence-electron chi connectivity index (χ2n) is 3.74. The third-order valence-electron chi connectivity index (χ3n) is 2.43. The molecule has 2 rings (SSSR count). The van der Waals surface area contributed by atoms with Crippen molar-refractivity contribution in [3.05, 3.63) is 45.9 Å². The van der Waals surface area contributed by atoms with Gasteiger partial charge in [-0.15, -0.1) is 11.3 Å². The van der Waals surface area contributed by atoms with Crippen molar-refractivity contribution in [1.29, 1.82) is 0 Å². The maximum absolute atomic E-state index is 12.0. The molecule has 0 saturated carbocycles. The van der Waals surface area contributed by atoms with Crippen LogP contribution in [-0.2, 0) is 4.74 Å². The number of ether oxygens (including phenoxy) is 1. The van der Waals surface area contributed by atoms with Gasteiger partial charge in [0.05, 0.1) is 23.4 Å². The number of methoxy groups -OCH3 is 1.